The van der Waals surface area contributed by atoms with Crippen molar-refractivity contribution in [3.05, 3.63) is 28.2 Å². The molecule has 0 saturated heterocycles. The summed E-state index contributed by atoms with van der Waals surface area (Å²) >= 11 is 8.55. The number of hydrogen-bond acceptors (Lipinski definition) is 6. The number of thiazole rings is 1. The van der Waals surface area contributed by atoms with Gasteiger partial charge in [-0.05, 0) is 18.2 Å². The largest absolute Gasteiger partial charge is 0.486 e. The number of nitrogens with zero attached hydrogens (tertiary/aromatic N) is 1. The number of aldehydes is 1. The molecule has 4 nitrogen and oxygen atoms in total. The predicted octanol–water partition coefficient (Wildman–Crippen LogP) is 3.53. The quantitative estimate of drug-likeness (QED) is 0.811. The zero-order valence-electron chi connectivity index (χ0n) is 9.59. The van der Waals surface area contributed by atoms with Gasteiger partial charge in [0, 0.05) is 4.90 Å². The Labute approximate surface area is 122 Å². The molecule has 0 bridgehead atoms. The van der Waals surface area contributed by atoms with Crippen LogP contribution in [0.3, 0.4) is 0 Å². The smallest absolute Gasteiger partial charge is 0.163 e. The molecule has 0 aliphatic carbocycles. The van der Waals surface area contributed by atoms with E-state index in [-0.39, 0.29) is 5.15 Å². The Morgan fingerprint density at radius 3 is 2.84 bits per heavy atom. The average Bonchev–Trinajstić information content (AvgIpc) is 2.78. The van der Waals surface area contributed by atoms with Gasteiger partial charge in [-0.25, -0.2) is 4.98 Å². The molecule has 2 aromatic rings. The van der Waals surface area contributed by atoms with Gasteiger partial charge >= 0.3 is 0 Å². The highest BCUT2D eigenvalue weighted by atomic mass is 35.5. The van der Waals surface area contributed by atoms with Gasteiger partial charge in [-0.2, -0.15) is 0 Å². The number of halogens is 1. The van der Waals surface area contributed by atoms with Gasteiger partial charge in [0.1, 0.15) is 18.1 Å². The second-order valence-electron chi connectivity index (χ2n) is 3.66. The first-order valence-electron chi connectivity index (χ1n) is 5.45. The van der Waals surface area contributed by atoms with Crippen LogP contribution in [0.1, 0.15) is 9.67 Å². The molecule has 1 aromatic heterocycles. The van der Waals surface area contributed by atoms with E-state index >= 15 is 0 Å². The molecule has 0 amide bonds. The van der Waals surface area contributed by atoms with Crippen LogP contribution in [0.15, 0.2) is 27.4 Å². The normalized spacial score (nSPS) is 13.3. The second-order valence-corrected chi connectivity index (χ2v) is 6.37. The Morgan fingerprint density at radius 1 is 1.32 bits per heavy atom. The third-order valence-electron chi connectivity index (χ3n) is 2.42. The molecule has 2 heterocycles. The maximum Gasteiger partial charge on any atom is 0.163 e. The van der Waals surface area contributed by atoms with Gasteiger partial charge in [0.25, 0.3) is 0 Å². The van der Waals surface area contributed by atoms with Gasteiger partial charge in [-0.3, -0.25) is 4.79 Å². The monoisotopic (exact) mass is 313 g/mol. The molecule has 98 valence electrons. The van der Waals surface area contributed by atoms with Crippen molar-refractivity contribution in [2.24, 2.45) is 0 Å². The maximum absolute atomic E-state index is 10.7. The molecular weight excluding hydrogens is 306 g/mol. The summed E-state index contributed by atoms with van der Waals surface area (Å²) in [7, 11) is 0. The molecule has 0 atom stereocenters. The van der Waals surface area contributed by atoms with Crippen molar-refractivity contribution in [1.29, 1.82) is 0 Å². The Bertz CT molecular complexity index is 629. The van der Waals surface area contributed by atoms with Gasteiger partial charge in [0.2, 0.25) is 0 Å². The summed E-state index contributed by atoms with van der Waals surface area (Å²) < 4.78 is 11.7. The van der Waals surface area contributed by atoms with Crippen LogP contribution in [-0.2, 0) is 0 Å². The SMILES string of the molecule is O=Cc1sc(Sc2ccc3c(c2)OCCO3)nc1Cl. The van der Waals surface area contributed by atoms with Gasteiger partial charge in [-0.15, -0.1) is 11.3 Å². The fourth-order valence-electron chi connectivity index (χ4n) is 1.60. The molecule has 1 aliphatic heterocycles. The Balaban J connectivity index is 1.84. The molecule has 1 aromatic carbocycles. The highest BCUT2D eigenvalue weighted by molar-refractivity contribution is 8.01. The second kappa shape index (κ2) is 5.40. The van der Waals surface area contributed by atoms with E-state index in [9.17, 15) is 4.79 Å². The Hall–Kier alpha value is -1.24. The fourth-order valence-corrected chi connectivity index (χ4v) is 3.81. The lowest BCUT2D eigenvalue weighted by Gasteiger charge is -2.18. The number of benzene rings is 1. The molecule has 0 fully saturated rings. The van der Waals surface area contributed by atoms with Crippen molar-refractivity contribution in [2.45, 2.75) is 9.24 Å². The summed E-state index contributed by atoms with van der Waals surface area (Å²) in [6.07, 6.45) is 0.716. The number of hydrogen-bond donors (Lipinski definition) is 0. The van der Waals surface area contributed by atoms with Crippen molar-refractivity contribution >= 4 is 41.0 Å². The van der Waals surface area contributed by atoms with Crippen LogP contribution in [0.25, 0.3) is 0 Å². The molecule has 0 unspecified atom stereocenters. The van der Waals surface area contributed by atoms with Gasteiger partial charge in [0.15, 0.2) is 27.3 Å². The average molecular weight is 314 g/mol. The zero-order chi connectivity index (χ0) is 13.2. The number of carbonyl (C=O) groups is 1. The van der Waals surface area contributed by atoms with Crippen LogP contribution in [-0.4, -0.2) is 24.5 Å². The van der Waals surface area contributed by atoms with E-state index < -0.39 is 0 Å². The standard InChI is InChI=1S/C12H8ClNO3S2/c13-11-10(6-15)19-12(14-11)18-7-1-2-8-9(5-7)17-4-3-16-8/h1-2,5-6H,3-4H2. The van der Waals surface area contributed by atoms with Gasteiger partial charge in [-0.1, -0.05) is 23.4 Å². The number of rotatable bonds is 3. The lowest BCUT2D eigenvalue weighted by atomic mass is 10.3. The summed E-state index contributed by atoms with van der Waals surface area (Å²) in [6, 6.07) is 5.69. The number of ether oxygens (including phenoxy) is 2. The van der Waals surface area contributed by atoms with Crippen molar-refractivity contribution in [1.82, 2.24) is 4.98 Å². The fraction of sp³-hybridized carbons (Fsp3) is 0.167. The summed E-state index contributed by atoms with van der Waals surface area (Å²) in [5, 5.41) is 0.250. The van der Waals surface area contributed by atoms with E-state index in [1.165, 1.54) is 23.1 Å². The van der Waals surface area contributed by atoms with E-state index in [0.717, 1.165) is 20.7 Å². The van der Waals surface area contributed by atoms with E-state index in [2.05, 4.69) is 4.98 Å². The third-order valence-corrected chi connectivity index (χ3v) is 4.85. The lowest BCUT2D eigenvalue weighted by molar-refractivity contribution is 0.112. The minimum atomic E-state index is 0.250. The molecule has 7 heteroatoms. The minimum Gasteiger partial charge on any atom is -0.486 e. The van der Waals surface area contributed by atoms with Gasteiger partial charge < -0.3 is 9.47 Å². The lowest BCUT2D eigenvalue weighted by Crippen LogP contribution is -2.15. The molecule has 0 N–H and O–H groups in total. The van der Waals surface area contributed by atoms with Crippen LogP contribution in [0.4, 0.5) is 0 Å². The Kier molecular flexibility index (Phi) is 3.63. The minimum absolute atomic E-state index is 0.250. The first-order valence-corrected chi connectivity index (χ1v) is 7.46. The summed E-state index contributed by atoms with van der Waals surface area (Å²) in [6.45, 7) is 1.13. The number of fused-ring (bicyclic) bond motifs is 1. The van der Waals surface area contributed by atoms with Crippen molar-refractivity contribution < 1.29 is 14.3 Å². The zero-order valence-corrected chi connectivity index (χ0v) is 12.0. The Morgan fingerprint density at radius 2 is 2.11 bits per heavy atom. The predicted molar refractivity (Wildman–Crippen MR) is 74.1 cm³/mol. The first kappa shape index (κ1) is 12.8. The maximum atomic E-state index is 10.7. The van der Waals surface area contributed by atoms with Crippen molar-refractivity contribution in [3.8, 4) is 11.5 Å². The first-order chi connectivity index (χ1) is 9.26. The topological polar surface area (TPSA) is 48.4 Å². The molecule has 0 radical (unpaired) electrons. The highest BCUT2D eigenvalue weighted by Gasteiger charge is 2.14. The molecule has 19 heavy (non-hydrogen) atoms. The number of aromatic nitrogens is 1. The molecule has 0 spiro atoms. The van der Waals surface area contributed by atoms with Crippen LogP contribution in [0.5, 0.6) is 11.5 Å². The van der Waals surface area contributed by atoms with Crippen LogP contribution < -0.4 is 9.47 Å². The highest BCUT2D eigenvalue weighted by Crippen LogP contribution is 2.39. The summed E-state index contributed by atoms with van der Waals surface area (Å²) in [5.41, 5.74) is 0. The van der Waals surface area contributed by atoms with Gasteiger partial charge in [0.05, 0.1) is 0 Å². The third kappa shape index (κ3) is 2.70. The molecule has 0 saturated carbocycles. The van der Waals surface area contributed by atoms with E-state index in [1.54, 1.807) is 0 Å². The molecular formula is C12H8ClNO3S2. The molecule has 3 rings (SSSR count). The summed E-state index contributed by atoms with van der Waals surface area (Å²) in [4.78, 5) is 16.3. The van der Waals surface area contributed by atoms with Crippen molar-refractivity contribution in [3.63, 3.8) is 0 Å². The van der Waals surface area contributed by atoms with E-state index in [0.29, 0.717) is 24.4 Å². The van der Waals surface area contributed by atoms with Crippen molar-refractivity contribution in [2.75, 3.05) is 13.2 Å². The van der Waals surface area contributed by atoms with Crippen LogP contribution in [0, 0.1) is 0 Å². The summed E-state index contributed by atoms with van der Waals surface area (Å²) in [5.74, 6) is 1.48. The van der Waals surface area contributed by atoms with E-state index in [4.69, 9.17) is 21.1 Å². The van der Waals surface area contributed by atoms with E-state index in [1.807, 2.05) is 18.2 Å². The van der Waals surface area contributed by atoms with Crippen LogP contribution >= 0.6 is 34.7 Å². The van der Waals surface area contributed by atoms with Crippen LogP contribution in [0.2, 0.25) is 5.15 Å². The number of carbonyl (C=O) groups excluding carboxylic acids is 1. The molecule has 1 aliphatic rings.